The third-order valence-corrected chi connectivity index (χ3v) is 5.31. The maximum absolute atomic E-state index is 14.7. The second-order valence-electron chi connectivity index (χ2n) is 7.92. The van der Waals surface area contributed by atoms with Crippen LogP contribution in [0.4, 0.5) is 10.1 Å². The van der Waals surface area contributed by atoms with Gasteiger partial charge in [0.2, 0.25) is 5.91 Å². The zero-order valence-corrected chi connectivity index (χ0v) is 17.5. The number of rotatable bonds is 5. The average molecular weight is 424 g/mol. The second kappa shape index (κ2) is 8.85. The van der Waals surface area contributed by atoms with E-state index < -0.39 is 0 Å². The Morgan fingerprint density at radius 2 is 1.94 bits per heavy atom. The van der Waals surface area contributed by atoms with Gasteiger partial charge in [-0.2, -0.15) is 0 Å². The molecule has 1 fully saturated rings. The summed E-state index contributed by atoms with van der Waals surface area (Å²) in [6.45, 7) is 5.22. The molecule has 4 rings (SSSR count). The van der Waals surface area contributed by atoms with Crippen molar-refractivity contribution in [1.82, 2.24) is 14.9 Å². The number of morpholine rings is 1. The van der Waals surface area contributed by atoms with Crippen LogP contribution in [-0.4, -0.2) is 40.8 Å². The van der Waals surface area contributed by atoms with Crippen molar-refractivity contribution in [3.05, 3.63) is 70.5 Å². The molecule has 0 spiro atoms. The lowest BCUT2D eigenvalue weighted by Crippen LogP contribution is -2.45. The highest BCUT2D eigenvalue weighted by atomic mass is 19.1. The standard InChI is InChI=1S/C23H25FN4O3/c1-15-11-27(12-16(2)31-15)21-8-7-17(9-19(21)24)10-25-22(29)13-28-14-26-20-6-4-3-5-18(20)23(28)30/h3-9,14-16H,10-13H2,1-2H3,(H,25,29). The van der Waals surface area contributed by atoms with E-state index in [2.05, 4.69) is 10.3 Å². The number of halogens is 1. The van der Waals surface area contributed by atoms with E-state index in [0.29, 0.717) is 35.2 Å². The molecule has 1 aliphatic rings. The second-order valence-corrected chi connectivity index (χ2v) is 7.92. The number of carbonyl (C=O) groups is 1. The molecule has 2 heterocycles. The zero-order valence-electron chi connectivity index (χ0n) is 17.5. The Balaban J connectivity index is 1.39. The molecule has 0 aliphatic carbocycles. The summed E-state index contributed by atoms with van der Waals surface area (Å²) < 4.78 is 21.7. The summed E-state index contributed by atoms with van der Waals surface area (Å²) >= 11 is 0. The maximum Gasteiger partial charge on any atom is 0.261 e. The van der Waals surface area contributed by atoms with Crippen molar-refractivity contribution in [1.29, 1.82) is 0 Å². The molecule has 162 valence electrons. The van der Waals surface area contributed by atoms with E-state index in [4.69, 9.17) is 4.74 Å². The molecule has 8 heteroatoms. The van der Waals surface area contributed by atoms with Crippen LogP contribution in [0.25, 0.3) is 10.9 Å². The first-order valence-electron chi connectivity index (χ1n) is 10.3. The minimum absolute atomic E-state index is 0.0371. The number of nitrogens with one attached hydrogen (secondary N) is 1. The SMILES string of the molecule is CC1CN(c2ccc(CNC(=O)Cn3cnc4ccccc4c3=O)cc2F)CC(C)O1. The van der Waals surface area contributed by atoms with Gasteiger partial charge in [-0.3, -0.25) is 14.2 Å². The Bertz CT molecular complexity index is 1150. The number of benzene rings is 2. The van der Waals surface area contributed by atoms with Crippen molar-refractivity contribution in [2.75, 3.05) is 18.0 Å². The van der Waals surface area contributed by atoms with Crippen molar-refractivity contribution in [3.8, 4) is 0 Å². The van der Waals surface area contributed by atoms with E-state index in [1.54, 1.807) is 36.4 Å². The van der Waals surface area contributed by atoms with Crippen molar-refractivity contribution in [3.63, 3.8) is 0 Å². The van der Waals surface area contributed by atoms with E-state index in [0.717, 1.165) is 0 Å². The van der Waals surface area contributed by atoms with Crippen LogP contribution in [-0.2, 0) is 22.6 Å². The summed E-state index contributed by atoms with van der Waals surface area (Å²) in [5.74, 6) is -0.678. The minimum atomic E-state index is -0.348. The lowest BCUT2D eigenvalue weighted by Gasteiger charge is -2.37. The van der Waals surface area contributed by atoms with Gasteiger partial charge in [-0.1, -0.05) is 18.2 Å². The Morgan fingerprint density at radius 3 is 2.68 bits per heavy atom. The van der Waals surface area contributed by atoms with E-state index >= 15 is 0 Å². The molecule has 1 saturated heterocycles. The van der Waals surface area contributed by atoms with Crippen molar-refractivity contribution >= 4 is 22.5 Å². The van der Waals surface area contributed by atoms with Crippen molar-refractivity contribution in [2.45, 2.75) is 39.1 Å². The molecule has 0 saturated carbocycles. The first-order valence-corrected chi connectivity index (χ1v) is 10.3. The Morgan fingerprint density at radius 1 is 1.19 bits per heavy atom. The van der Waals surface area contributed by atoms with Crippen LogP contribution in [0, 0.1) is 5.82 Å². The minimum Gasteiger partial charge on any atom is -0.372 e. The number of para-hydroxylation sites is 1. The number of fused-ring (bicyclic) bond motifs is 1. The fraction of sp³-hybridized carbons (Fsp3) is 0.348. The van der Waals surface area contributed by atoms with Crippen LogP contribution in [0.2, 0.25) is 0 Å². The smallest absolute Gasteiger partial charge is 0.261 e. The van der Waals surface area contributed by atoms with Crippen molar-refractivity contribution in [2.24, 2.45) is 0 Å². The first-order chi connectivity index (χ1) is 14.9. The summed E-state index contributed by atoms with van der Waals surface area (Å²) in [5, 5.41) is 3.20. The normalized spacial score (nSPS) is 18.9. The van der Waals surface area contributed by atoms with Crippen LogP contribution in [0.1, 0.15) is 19.4 Å². The van der Waals surface area contributed by atoms with Crippen LogP contribution in [0.5, 0.6) is 0 Å². The number of hydrogen-bond donors (Lipinski definition) is 1. The molecular weight excluding hydrogens is 399 g/mol. The fourth-order valence-corrected chi connectivity index (χ4v) is 3.92. The summed E-state index contributed by atoms with van der Waals surface area (Å²) in [7, 11) is 0. The summed E-state index contributed by atoms with van der Waals surface area (Å²) in [4.78, 5) is 31.0. The van der Waals surface area contributed by atoms with E-state index in [-0.39, 0.29) is 42.6 Å². The van der Waals surface area contributed by atoms with Gasteiger partial charge in [0, 0.05) is 19.6 Å². The van der Waals surface area contributed by atoms with Gasteiger partial charge >= 0.3 is 0 Å². The Labute approximate surface area is 179 Å². The van der Waals surface area contributed by atoms with Gasteiger partial charge in [0.05, 0.1) is 35.1 Å². The Kier molecular flexibility index (Phi) is 5.99. The lowest BCUT2D eigenvalue weighted by molar-refractivity contribution is -0.121. The Hall–Kier alpha value is -3.26. The zero-order chi connectivity index (χ0) is 22.0. The van der Waals surface area contributed by atoms with Crippen LogP contribution >= 0.6 is 0 Å². The van der Waals surface area contributed by atoms with Gasteiger partial charge in [0.25, 0.3) is 5.56 Å². The molecule has 0 bridgehead atoms. The molecule has 3 aromatic rings. The van der Waals surface area contributed by atoms with E-state index in [9.17, 15) is 14.0 Å². The molecule has 1 N–H and O–H groups in total. The third kappa shape index (κ3) is 4.74. The van der Waals surface area contributed by atoms with Crippen LogP contribution in [0.15, 0.2) is 53.6 Å². The molecule has 2 unspecified atom stereocenters. The predicted octanol–water partition coefficient (Wildman–Crippen LogP) is 2.47. The number of carbonyl (C=O) groups excluding carboxylic acids is 1. The summed E-state index contributed by atoms with van der Waals surface area (Å²) in [5.41, 5.74) is 1.49. The monoisotopic (exact) mass is 424 g/mol. The van der Waals surface area contributed by atoms with E-state index in [1.807, 2.05) is 18.7 Å². The van der Waals surface area contributed by atoms with Gasteiger partial charge in [-0.15, -0.1) is 0 Å². The lowest BCUT2D eigenvalue weighted by atomic mass is 10.1. The molecule has 1 aliphatic heterocycles. The molecule has 7 nitrogen and oxygen atoms in total. The molecule has 1 aromatic heterocycles. The number of aromatic nitrogens is 2. The number of ether oxygens (including phenoxy) is 1. The number of amides is 1. The highest BCUT2D eigenvalue weighted by Crippen LogP contribution is 2.24. The summed E-state index contributed by atoms with van der Waals surface area (Å²) in [6.07, 6.45) is 1.44. The first kappa shape index (κ1) is 21.0. The topological polar surface area (TPSA) is 76.5 Å². The molecule has 2 aromatic carbocycles. The van der Waals surface area contributed by atoms with Gasteiger partial charge in [0.15, 0.2) is 0 Å². The number of anilines is 1. The van der Waals surface area contributed by atoms with Gasteiger partial charge in [-0.25, -0.2) is 9.37 Å². The van der Waals surface area contributed by atoms with E-state index in [1.165, 1.54) is 17.0 Å². The highest BCUT2D eigenvalue weighted by Gasteiger charge is 2.24. The largest absolute Gasteiger partial charge is 0.372 e. The van der Waals surface area contributed by atoms with Crippen molar-refractivity contribution < 1.29 is 13.9 Å². The third-order valence-electron chi connectivity index (χ3n) is 5.31. The van der Waals surface area contributed by atoms with Gasteiger partial charge in [-0.05, 0) is 43.7 Å². The molecule has 2 atom stereocenters. The van der Waals surface area contributed by atoms with Crippen LogP contribution < -0.4 is 15.8 Å². The highest BCUT2D eigenvalue weighted by molar-refractivity contribution is 5.78. The van der Waals surface area contributed by atoms with Gasteiger partial charge in [0.1, 0.15) is 12.4 Å². The fourth-order valence-electron chi connectivity index (χ4n) is 3.92. The summed E-state index contributed by atoms with van der Waals surface area (Å²) in [6, 6.07) is 12.0. The number of nitrogens with zero attached hydrogens (tertiary/aromatic N) is 3. The molecular formula is C23H25FN4O3. The molecule has 1 amide bonds. The molecule has 31 heavy (non-hydrogen) atoms. The predicted molar refractivity (Wildman–Crippen MR) is 116 cm³/mol. The average Bonchev–Trinajstić information content (AvgIpc) is 2.74. The van der Waals surface area contributed by atoms with Crippen LogP contribution in [0.3, 0.4) is 0 Å². The molecule has 0 radical (unpaired) electrons. The quantitative estimate of drug-likeness (QED) is 0.681. The van der Waals surface area contributed by atoms with Gasteiger partial charge < -0.3 is 15.0 Å². The maximum atomic E-state index is 14.7. The number of hydrogen-bond acceptors (Lipinski definition) is 5.